The van der Waals surface area contributed by atoms with Crippen molar-refractivity contribution in [3.8, 4) is 11.5 Å². The Kier molecular flexibility index (Phi) is 1.72. The molecule has 0 radical (unpaired) electrons. The van der Waals surface area contributed by atoms with Gasteiger partial charge in [0.15, 0.2) is 17.0 Å². The first-order valence-electron chi connectivity index (χ1n) is 4.35. The van der Waals surface area contributed by atoms with Gasteiger partial charge in [0.2, 0.25) is 0 Å². The number of nitrogens with zero attached hydrogens (tertiary/aromatic N) is 2. The largest absolute Gasteiger partial charge is 0.463 e. The first kappa shape index (κ1) is 8.43. The Morgan fingerprint density at radius 1 is 1.53 bits per heavy atom. The molecule has 0 aliphatic heterocycles. The van der Waals surface area contributed by atoms with E-state index in [2.05, 4.69) is 4.98 Å². The molecule has 5 heteroatoms. The van der Waals surface area contributed by atoms with Gasteiger partial charge in [-0.1, -0.05) is 0 Å². The van der Waals surface area contributed by atoms with Crippen molar-refractivity contribution in [1.82, 2.24) is 9.38 Å². The molecule has 74 valence electrons. The van der Waals surface area contributed by atoms with Crippen LogP contribution in [0.1, 0.15) is 10.5 Å². The van der Waals surface area contributed by atoms with E-state index in [0.717, 1.165) is 11.2 Å². The molecule has 3 rings (SSSR count). The summed E-state index contributed by atoms with van der Waals surface area (Å²) in [6.07, 6.45) is 4.19. The van der Waals surface area contributed by atoms with Crippen LogP contribution < -0.4 is 0 Å². The smallest absolute Gasteiger partial charge is 0.194 e. The lowest BCUT2D eigenvalue weighted by atomic mass is 10.3. The average Bonchev–Trinajstić information content (AvgIpc) is 2.93. The van der Waals surface area contributed by atoms with E-state index in [0.29, 0.717) is 17.1 Å². The van der Waals surface area contributed by atoms with Crippen LogP contribution in [0.5, 0.6) is 0 Å². The molecule has 0 amide bonds. The summed E-state index contributed by atoms with van der Waals surface area (Å²) in [6.45, 7) is 0. The molecule has 0 fully saturated rings. The summed E-state index contributed by atoms with van der Waals surface area (Å²) in [6, 6.07) is 3.57. The zero-order valence-electron chi connectivity index (χ0n) is 7.58. The first-order valence-corrected chi connectivity index (χ1v) is 5.22. The third kappa shape index (κ3) is 1.13. The van der Waals surface area contributed by atoms with Gasteiger partial charge in [-0.3, -0.25) is 9.20 Å². The van der Waals surface area contributed by atoms with Crippen LogP contribution in [-0.2, 0) is 0 Å². The van der Waals surface area contributed by atoms with Crippen molar-refractivity contribution in [3.05, 3.63) is 35.7 Å². The van der Waals surface area contributed by atoms with Gasteiger partial charge >= 0.3 is 0 Å². The molecule has 0 spiro atoms. The average molecular weight is 218 g/mol. The number of thiazole rings is 1. The summed E-state index contributed by atoms with van der Waals surface area (Å²) in [7, 11) is 0. The van der Waals surface area contributed by atoms with Crippen LogP contribution >= 0.6 is 11.3 Å². The minimum Gasteiger partial charge on any atom is -0.463 e. The number of aromatic nitrogens is 2. The number of hydrogen-bond donors (Lipinski definition) is 0. The van der Waals surface area contributed by atoms with Crippen molar-refractivity contribution < 1.29 is 9.21 Å². The SMILES string of the molecule is O=Cc1c(-c2ccco2)nc2sccn12. The summed E-state index contributed by atoms with van der Waals surface area (Å²) in [5.41, 5.74) is 1.13. The monoisotopic (exact) mass is 218 g/mol. The summed E-state index contributed by atoms with van der Waals surface area (Å²) in [5, 5.41) is 1.89. The van der Waals surface area contributed by atoms with Gasteiger partial charge in [-0.05, 0) is 12.1 Å². The van der Waals surface area contributed by atoms with Gasteiger partial charge in [-0.2, -0.15) is 0 Å². The molecule has 0 aliphatic carbocycles. The molecule has 0 saturated heterocycles. The zero-order chi connectivity index (χ0) is 10.3. The molecule has 4 nitrogen and oxygen atoms in total. The minimum absolute atomic E-state index is 0.529. The maximum atomic E-state index is 11.0. The topological polar surface area (TPSA) is 47.5 Å². The van der Waals surface area contributed by atoms with Gasteiger partial charge in [0.05, 0.1) is 6.26 Å². The minimum atomic E-state index is 0.529. The lowest BCUT2D eigenvalue weighted by molar-refractivity contribution is 0.111. The Morgan fingerprint density at radius 2 is 2.47 bits per heavy atom. The zero-order valence-corrected chi connectivity index (χ0v) is 8.40. The van der Waals surface area contributed by atoms with E-state index in [1.807, 2.05) is 11.6 Å². The lowest BCUT2D eigenvalue weighted by Gasteiger charge is -1.91. The first-order chi connectivity index (χ1) is 7.40. The molecule has 0 aliphatic rings. The molecule has 0 bridgehead atoms. The lowest BCUT2D eigenvalue weighted by Crippen LogP contribution is -1.88. The second-order valence-corrected chi connectivity index (χ2v) is 3.87. The maximum absolute atomic E-state index is 11.0. The van der Waals surface area contributed by atoms with E-state index in [1.165, 1.54) is 11.3 Å². The highest BCUT2D eigenvalue weighted by Crippen LogP contribution is 2.25. The van der Waals surface area contributed by atoms with Crippen molar-refractivity contribution in [2.24, 2.45) is 0 Å². The van der Waals surface area contributed by atoms with Crippen LogP contribution in [0.3, 0.4) is 0 Å². The Balaban J connectivity index is 2.35. The second kappa shape index (κ2) is 3.06. The van der Waals surface area contributed by atoms with Gasteiger partial charge < -0.3 is 4.42 Å². The number of aldehydes is 1. The number of imidazole rings is 1. The summed E-state index contributed by atoms with van der Waals surface area (Å²) in [5.74, 6) is 0.619. The number of carbonyl (C=O) groups is 1. The Bertz CT molecular complexity index is 606. The van der Waals surface area contributed by atoms with Gasteiger partial charge in [-0.25, -0.2) is 4.98 Å². The van der Waals surface area contributed by atoms with Crippen molar-refractivity contribution in [2.45, 2.75) is 0 Å². The maximum Gasteiger partial charge on any atom is 0.194 e. The van der Waals surface area contributed by atoms with Gasteiger partial charge in [0, 0.05) is 11.6 Å². The summed E-state index contributed by atoms with van der Waals surface area (Å²) in [4.78, 5) is 16.1. The molecule has 0 atom stereocenters. The van der Waals surface area contributed by atoms with E-state index in [4.69, 9.17) is 4.42 Å². The van der Waals surface area contributed by atoms with Crippen LogP contribution in [0.25, 0.3) is 16.4 Å². The summed E-state index contributed by atoms with van der Waals surface area (Å²) >= 11 is 1.49. The van der Waals surface area contributed by atoms with Crippen molar-refractivity contribution in [3.63, 3.8) is 0 Å². The van der Waals surface area contributed by atoms with Crippen molar-refractivity contribution in [2.75, 3.05) is 0 Å². The molecule has 0 saturated carbocycles. The second-order valence-electron chi connectivity index (χ2n) is 3.00. The van der Waals surface area contributed by atoms with Crippen LogP contribution in [0.4, 0.5) is 0 Å². The Morgan fingerprint density at radius 3 is 3.20 bits per heavy atom. The van der Waals surface area contributed by atoms with Crippen LogP contribution in [0.2, 0.25) is 0 Å². The van der Waals surface area contributed by atoms with E-state index in [1.54, 1.807) is 22.8 Å². The van der Waals surface area contributed by atoms with Crippen LogP contribution in [0, 0.1) is 0 Å². The predicted octanol–water partition coefficient (Wildman–Crippen LogP) is 2.47. The molecule has 3 aromatic heterocycles. The highest BCUT2D eigenvalue weighted by molar-refractivity contribution is 7.15. The van der Waals surface area contributed by atoms with Crippen LogP contribution in [0.15, 0.2) is 34.4 Å². The van der Waals surface area contributed by atoms with Crippen molar-refractivity contribution in [1.29, 1.82) is 0 Å². The predicted molar refractivity (Wildman–Crippen MR) is 56.2 cm³/mol. The van der Waals surface area contributed by atoms with E-state index < -0.39 is 0 Å². The molecular formula is C10H6N2O2S. The molecule has 0 N–H and O–H groups in total. The molecule has 3 aromatic rings. The number of carbonyl (C=O) groups excluding carboxylic acids is 1. The molecule has 15 heavy (non-hydrogen) atoms. The van der Waals surface area contributed by atoms with E-state index >= 15 is 0 Å². The van der Waals surface area contributed by atoms with Gasteiger partial charge in [-0.15, -0.1) is 11.3 Å². The highest BCUT2D eigenvalue weighted by atomic mass is 32.1. The summed E-state index contributed by atoms with van der Waals surface area (Å²) < 4.78 is 6.99. The quantitative estimate of drug-likeness (QED) is 0.621. The number of fused-ring (bicyclic) bond motifs is 1. The molecule has 0 unspecified atom stereocenters. The normalized spacial score (nSPS) is 10.9. The van der Waals surface area contributed by atoms with Crippen molar-refractivity contribution >= 4 is 22.6 Å². The fourth-order valence-corrected chi connectivity index (χ4v) is 2.23. The number of hydrogen-bond acceptors (Lipinski definition) is 4. The molecule has 3 heterocycles. The van der Waals surface area contributed by atoms with Gasteiger partial charge in [0.25, 0.3) is 0 Å². The Labute approximate surface area is 88.8 Å². The molecular weight excluding hydrogens is 212 g/mol. The highest BCUT2D eigenvalue weighted by Gasteiger charge is 2.15. The van der Waals surface area contributed by atoms with E-state index in [9.17, 15) is 4.79 Å². The standard InChI is InChI=1S/C10H6N2O2S/c13-6-7-9(8-2-1-4-14-8)11-10-12(7)3-5-15-10/h1-6H. The van der Waals surface area contributed by atoms with Crippen LogP contribution in [-0.4, -0.2) is 15.7 Å². The fourth-order valence-electron chi connectivity index (χ4n) is 1.51. The number of furan rings is 1. The third-order valence-corrected chi connectivity index (χ3v) is 2.92. The third-order valence-electron chi connectivity index (χ3n) is 2.17. The van der Waals surface area contributed by atoms with Gasteiger partial charge in [0.1, 0.15) is 11.4 Å². The fraction of sp³-hybridized carbons (Fsp3) is 0. The number of rotatable bonds is 2. The van der Waals surface area contributed by atoms with E-state index in [-0.39, 0.29) is 0 Å². The Hall–Kier alpha value is -1.88. The molecule has 0 aromatic carbocycles.